The summed E-state index contributed by atoms with van der Waals surface area (Å²) in [6.45, 7) is 4.40. The lowest BCUT2D eigenvalue weighted by molar-refractivity contribution is -0.128. The Kier molecular flexibility index (Phi) is 4.46. The molecule has 3 N–H and O–H groups in total. The Bertz CT molecular complexity index is 542. The molecular weight excluding hydrogens is 290 g/mol. The molecule has 0 aromatic carbocycles. The minimum absolute atomic E-state index is 0.0180. The molecule has 0 saturated carbocycles. The van der Waals surface area contributed by atoms with Crippen LogP contribution in [-0.4, -0.2) is 46.0 Å². The van der Waals surface area contributed by atoms with Gasteiger partial charge in [-0.15, -0.1) is 10.2 Å². The highest BCUT2D eigenvalue weighted by Gasteiger charge is 2.47. The smallest absolute Gasteiger partial charge is 0.225 e. The highest BCUT2D eigenvalue weighted by Crippen LogP contribution is 2.34. The van der Waals surface area contributed by atoms with E-state index in [0.717, 1.165) is 17.8 Å². The predicted molar refractivity (Wildman–Crippen MR) is 80.6 cm³/mol. The molecule has 1 aromatic heterocycles. The lowest BCUT2D eigenvalue weighted by Crippen LogP contribution is -2.47. The number of nitrogens with one attached hydrogen (secondary N) is 1. The maximum atomic E-state index is 12.2. The molecule has 0 unspecified atom stereocenters. The van der Waals surface area contributed by atoms with E-state index in [9.17, 15) is 9.59 Å². The Morgan fingerprint density at radius 2 is 2.24 bits per heavy atom. The van der Waals surface area contributed by atoms with Gasteiger partial charge in [0.25, 0.3) is 0 Å². The van der Waals surface area contributed by atoms with Crippen LogP contribution in [0.5, 0.6) is 0 Å². The van der Waals surface area contributed by atoms with E-state index in [-0.39, 0.29) is 24.2 Å². The molecule has 2 amide bonds. The van der Waals surface area contributed by atoms with E-state index in [4.69, 9.17) is 5.73 Å². The summed E-state index contributed by atoms with van der Waals surface area (Å²) >= 11 is 1.36. The Balaban J connectivity index is 1.78. The number of aryl methyl sites for hydroxylation is 1. The second-order valence-electron chi connectivity index (χ2n) is 5.79. The number of nitrogens with zero attached hydrogens (tertiary/aromatic N) is 3. The van der Waals surface area contributed by atoms with E-state index in [0.29, 0.717) is 11.7 Å². The number of hydrogen-bond donors (Lipinski definition) is 2. The number of nitrogens with two attached hydrogens (primary N) is 1. The number of anilines is 1. The molecule has 1 saturated heterocycles. The first-order chi connectivity index (χ1) is 9.82. The van der Waals surface area contributed by atoms with Crippen molar-refractivity contribution in [3.8, 4) is 0 Å². The zero-order chi connectivity index (χ0) is 15.6. The van der Waals surface area contributed by atoms with Crippen molar-refractivity contribution < 1.29 is 9.59 Å². The number of likely N-dealkylation sites (tertiary alicyclic amines) is 1. The van der Waals surface area contributed by atoms with Crippen LogP contribution >= 0.6 is 11.3 Å². The Labute approximate surface area is 127 Å². The number of carbonyl (C=O) groups excluding carboxylic acids is 2. The lowest BCUT2D eigenvalue weighted by Gasteiger charge is -2.32. The molecule has 0 radical (unpaired) electrons. The fourth-order valence-corrected chi connectivity index (χ4v) is 3.12. The zero-order valence-corrected chi connectivity index (χ0v) is 13.4. The number of aromatic nitrogens is 2. The number of carbonyl (C=O) groups is 2. The summed E-state index contributed by atoms with van der Waals surface area (Å²) in [5.41, 5.74) is 5.07. The van der Waals surface area contributed by atoms with E-state index in [2.05, 4.69) is 15.5 Å². The molecule has 2 heterocycles. The van der Waals surface area contributed by atoms with Crippen LogP contribution in [0.4, 0.5) is 5.13 Å². The maximum Gasteiger partial charge on any atom is 0.225 e. The van der Waals surface area contributed by atoms with E-state index in [1.54, 1.807) is 11.9 Å². The van der Waals surface area contributed by atoms with Gasteiger partial charge in [-0.2, -0.15) is 0 Å². The first-order valence-electron chi connectivity index (χ1n) is 6.94. The highest BCUT2D eigenvalue weighted by molar-refractivity contribution is 7.15. The first-order valence-corrected chi connectivity index (χ1v) is 7.76. The van der Waals surface area contributed by atoms with Crippen LogP contribution in [0.3, 0.4) is 0 Å². The van der Waals surface area contributed by atoms with Crippen molar-refractivity contribution in [2.75, 3.05) is 19.3 Å². The summed E-state index contributed by atoms with van der Waals surface area (Å²) in [6, 6.07) is 0. The number of amides is 2. The molecule has 2 rings (SSSR count). The van der Waals surface area contributed by atoms with Gasteiger partial charge in [0, 0.05) is 32.0 Å². The van der Waals surface area contributed by atoms with Gasteiger partial charge in [0.1, 0.15) is 5.01 Å². The molecule has 1 aromatic rings. The van der Waals surface area contributed by atoms with Gasteiger partial charge >= 0.3 is 0 Å². The summed E-state index contributed by atoms with van der Waals surface area (Å²) in [5, 5.41) is 11.9. The zero-order valence-electron chi connectivity index (χ0n) is 12.5. The van der Waals surface area contributed by atoms with Crippen molar-refractivity contribution in [2.24, 2.45) is 5.92 Å². The molecule has 0 spiro atoms. The number of nitrogen functional groups attached to an aromatic ring is 1. The minimum Gasteiger partial charge on any atom is -0.374 e. The first kappa shape index (κ1) is 15.7. The van der Waals surface area contributed by atoms with Gasteiger partial charge < -0.3 is 16.0 Å². The topological polar surface area (TPSA) is 101 Å². The van der Waals surface area contributed by atoms with Gasteiger partial charge in [-0.05, 0) is 20.3 Å². The Hall–Kier alpha value is -1.70. The quantitative estimate of drug-likeness (QED) is 0.768. The maximum absolute atomic E-state index is 12.2. The molecule has 0 aliphatic carbocycles. The summed E-state index contributed by atoms with van der Waals surface area (Å²) in [7, 11) is 1.75. The average Bonchev–Trinajstić information content (AvgIpc) is 2.92. The van der Waals surface area contributed by atoms with Gasteiger partial charge in [0.2, 0.25) is 16.9 Å². The standard InChI is InChI=1S/C13H21N5O2S/c1-13(2)8(7-10(19)18(13)3)11(20)15-6-4-5-9-16-17-12(14)21-9/h8H,4-7H2,1-3H3,(H2,14,17)(H,15,20)/t8-/m1/s1. The third-order valence-corrected chi connectivity index (χ3v) is 4.95. The van der Waals surface area contributed by atoms with Crippen molar-refractivity contribution in [2.45, 2.75) is 38.6 Å². The highest BCUT2D eigenvalue weighted by atomic mass is 32.1. The second-order valence-corrected chi connectivity index (χ2v) is 6.89. The van der Waals surface area contributed by atoms with Crippen molar-refractivity contribution in [3.05, 3.63) is 5.01 Å². The summed E-state index contributed by atoms with van der Waals surface area (Å²) in [6.07, 6.45) is 1.79. The van der Waals surface area contributed by atoms with Crippen molar-refractivity contribution in [1.82, 2.24) is 20.4 Å². The number of rotatable bonds is 5. The largest absolute Gasteiger partial charge is 0.374 e. The third kappa shape index (κ3) is 3.31. The van der Waals surface area contributed by atoms with Crippen molar-refractivity contribution >= 4 is 28.3 Å². The van der Waals surface area contributed by atoms with Gasteiger partial charge in [0.05, 0.1) is 5.92 Å². The molecule has 1 aliphatic heterocycles. The van der Waals surface area contributed by atoms with Crippen LogP contribution in [-0.2, 0) is 16.0 Å². The molecule has 21 heavy (non-hydrogen) atoms. The summed E-state index contributed by atoms with van der Waals surface area (Å²) in [5.74, 6) is -0.342. The molecule has 7 nitrogen and oxygen atoms in total. The van der Waals surface area contributed by atoms with Crippen LogP contribution < -0.4 is 11.1 Å². The van der Waals surface area contributed by atoms with Crippen LogP contribution in [0, 0.1) is 5.92 Å². The fraction of sp³-hybridized carbons (Fsp3) is 0.692. The fourth-order valence-electron chi connectivity index (χ4n) is 2.47. The van der Waals surface area contributed by atoms with E-state index >= 15 is 0 Å². The van der Waals surface area contributed by atoms with Crippen LogP contribution in [0.25, 0.3) is 0 Å². The van der Waals surface area contributed by atoms with Gasteiger partial charge in [-0.25, -0.2) is 0 Å². The summed E-state index contributed by atoms with van der Waals surface area (Å²) in [4.78, 5) is 25.6. The molecule has 116 valence electrons. The van der Waals surface area contributed by atoms with E-state index < -0.39 is 5.54 Å². The molecule has 8 heteroatoms. The van der Waals surface area contributed by atoms with Crippen LogP contribution in [0.2, 0.25) is 0 Å². The van der Waals surface area contributed by atoms with E-state index in [1.165, 1.54) is 11.3 Å². The van der Waals surface area contributed by atoms with Crippen molar-refractivity contribution in [1.29, 1.82) is 0 Å². The second kappa shape index (κ2) is 5.97. The van der Waals surface area contributed by atoms with Crippen LogP contribution in [0.15, 0.2) is 0 Å². The number of hydrogen-bond acceptors (Lipinski definition) is 6. The monoisotopic (exact) mass is 311 g/mol. The van der Waals surface area contributed by atoms with Crippen LogP contribution in [0.1, 0.15) is 31.7 Å². The molecular formula is C13H21N5O2S. The van der Waals surface area contributed by atoms with Crippen molar-refractivity contribution in [3.63, 3.8) is 0 Å². The third-order valence-electron chi connectivity index (χ3n) is 4.14. The minimum atomic E-state index is -0.436. The van der Waals surface area contributed by atoms with E-state index in [1.807, 2.05) is 13.8 Å². The van der Waals surface area contributed by atoms with Gasteiger partial charge in [-0.3, -0.25) is 9.59 Å². The average molecular weight is 311 g/mol. The summed E-state index contributed by atoms with van der Waals surface area (Å²) < 4.78 is 0. The molecule has 1 fully saturated rings. The Morgan fingerprint density at radius 3 is 2.76 bits per heavy atom. The van der Waals surface area contributed by atoms with Gasteiger partial charge in [0.15, 0.2) is 0 Å². The SMILES string of the molecule is CN1C(=O)C[C@H](C(=O)NCCCc2nnc(N)s2)C1(C)C. The molecule has 1 aliphatic rings. The molecule has 0 bridgehead atoms. The lowest BCUT2D eigenvalue weighted by atomic mass is 9.88. The van der Waals surface area contributed by atoms with Gasteiger partial charge in [-0.1, -0.05) is 11.3 Å². The Morgan fingerprint density at radius 1 is 1.52 bits per heavy atom. The molecule has 1 atom stereocenters. The normalized spacial score (nSPS) is 20.8. The predicted octanol–water partition coefficient (Wildman–Crippen LogP) is 0.426.